The molecule has 1 N–H and O–H groups in total. The maximum atomic E-state index is 17.8. The van der Waals surface area contributed by atoms with Crippen LogP contribution in [0.1, 0.15) is 95.8 Å². The second kappa shape index (κ2) is 16.7. The van der Waals surface area contributed by atoms with E-state index in [1.54, 1.807) is 26.8 Å². The Hall–Kier alpha value is -4.86. The summed E-state index contributed by atoms with van der Waals surface area (Å²) in [7, 11) is 1.27. The fraction of sp³-hybridized carbons (Fsp3) is 0.625. The minimum absolute atomic E-state index is 0.0200. The van der Waals surface area contributed by atoms with Crippen LogP contribution in [0.2, 0.25) is 0 Å². The quantitative estimate of drug-likeness (QED) is 0.0388. The van der Waals surface area contributed by atoms with Crippen LogP contribution in [0.25, 0.3) is 0 Å². The molecule has 1 unspecified atom stereocenters. The molecule has 0 aliphatic heterocycles. The largest absolute Gasteiger partial charge is 0.514 e. The predicted molar refractivity (Wildman–Crippen MR) is 194 cm³/mol. The molecule has 306 valence electrons. The van der Waals surface area contributed by atoms with Crippen LogP contribution in [-0.4, -0.2) is 84.2 Å². The number of Topliss-reactive ketones (excluding diaryl/α,β-unsaturated/α-hetero) is 1. The number of ether oxygens (including phenoxy) is 5. The first-order valence-electron chi connectivity index (χ1n) is 19.0. The number of halogens is 1. The van der Waals surface area contributed by atoms with Crippen molar-refractivity contribution in [2.75, 3.05) is 26.9 Å². The standard InChI is InChI=1S/C40H50FNO14/c1-6-7-10-34(46)56-40(24(2)19-29-28-13-12-26-21-27(43)15-16-37(26,3)39(28,41)32(44)22-38(29,40)4)33(45)23-53-36(48)55-30-14-11-25(20-31(30)51-5)35(47)52-17-8-9-18-54-42(49)50/h11-12,14-16,20,24,28-29,32,44H,6-10,13,17-19,21-23H2,1-5H3/t24-,28?,29-,32-,37-,38-,39-,40-/m0/s1. The zero-order valence-electron chi connectivity index (χ0n) is 32.3. The van der Waals surface area contributed by atoms with Crippen molar-refractivity contribution in [2.24, 2.45) is 28.6 Å². The fourth-order valence-corrected chi connectivity index (χ4v) is 9.68. The first-order chi connectivity index (χ1) is 26.5. The summed E-state index contributed by atoms with van der Waals surface area (Å²) in [5.74, 6) is -4.43. The van der Waals surface area contributed by atoms with E-state index in [1.807, 2.05) is 13.0 Å². The minimum Gasteiger partial charge on any atom is -0.493 e. The summed E-state index contributed by atoms with van der Waals surface area (Å²) in [4.78, 5) is 80.3. The fourth-order valence-electron chi connectivity index (χ4n) is 9.68. The number of fused-ring (bicyclic) bond motifs is 5. The average Bonchev–Trinajstić information content (AvgIpc) is 3.37. The van der Waals surface area contributed by atoms with E-state index >= 15 is 4.39 Å². The highest BCUT2D eigenvalue weighted by Crippen LogP contribution is 2.71. The lowest BCUT2D eigenvalue weighted by Crippen LogP contribution is -2.69. The number of rotatable bonds is 16. The van der Waals surface area contributed by atoms with Gasteiger partial charge in [-0.1, -0.05) is 44.9 Å². The van der Waals surface area contributed by atoms with E-state index in [2.05, 4.69) is 4.84 Å². The molecule has 0 spiro atoms. The van der Waals surface area contributed by atoms with Crippen LogP contribution < -0.4 is 9.47 Å². The summed E-state index contributed by atoms with van der Waals surface area (Å²) < 4.78 is 45.1. The highest BCUT2D eigenvalue weighted by molar-refractivity contribution is 5.95. The highest BCUT2D eigenvalue weighted by atomic mass is 19.1. The molecule has 8 atom stereocenters. The number of alkyl halides is 1. The third-order valence-corrected chi connectivity index (χ3v) is 12.5. The lowest BCUT2D eigenvalue weighted by atomic mass is 9.45. The number of methoxy groups -OCH3 is 1. The lowest BCUT2D eigenvalue weighted by molar-refractivity contribution is -0.757. The van der Waals surface area contributed by atoms with Gasteiger partial charge in [0.15, 0.2) is 35.2 Å². The normalized spacial score (nSPS) is 31.5. The van der Waals surface area contributed by atoms with Crippen molar-refractivity contribution in [1.82, 2.24) is 0 Å². The third-order valence-electron chi connectivity index (χ3n) is 12.5. The molecule has 56 heavy (non-hydrogen) atoms. The number of esters is 2. The molecule has 1 aromatic rings. The first kappa shape index (κ1) is 42.3. The monoisotopic (exact) mass is 787 g/mol. The molecule has 16 heteroatoms. The Morgan fingerprint density at radius 3 is 2.48 bits per heavy atom. The number of allylic oxidation sites excluding steroid dienone is 4. The van der Waals surface area contributed by atoms with Crippen LogP contribution in [0, 0.1) is 38.7 Å². The number of hydrogen-bond donors (Lipinski definition) is 1. The number of aliphatic hydroxyl groups is 1. The SMILES string of the molecule is CCCCC(=O)O[C@]1(C(=O)COC(=O)Oc2ccc(C(=O)OCCCCO[N+](=O)[O-])cc2OC)[C@@H](C)C[C@H]2C3CC=C4CC(=O)C=C[C@]4(C)[C@@]3(F)[C@@H](O)C[C@@]21C. The molecule has 0 heterocycles. The smallest absolute Gasteiger partial charge is 0.493 e. The summed E-state index contributed by atoms with van der Waals surface area (Å²) in [5.41, 5.74) is -5.93. The summed E-state index contributed by atoms with van der Waals surface area (Å²) >= 11 is 0. The zero-order valence-corrected chi connectivity index (χ0v) is 32.3. The Kier molecular flexibility index (Phi) is 12.6. The highest BCUT2D eigenvalue weighted by Gasteiger charge is 2.77. The van der Waals surface area contributed by atoms with Gasteiger partial charge in [0.05, 0.1) is 32.0 Å². The molecular formula is C40H50FNO14. The molecule has 4 aliphatic rings. The minimum atomic E-state index is -2.18. The van der Waals surface area contributed by atoms with E-state index < -0.39 is 81.5 Å². The van der Waals surface area contributed by atoms with Crippen LogP contribution in [-0.2, 0) is 33.4 Å². The van der Waals surface area contributed by atoms with Gasteiger partial charge in [0.2, 0.25) is 5.78 Å². The van der Waals surface area contributed by atoms with Gasteiger partial charge in [0.25, 0.3) is 5.09 Å². The number of carbonyl (C=O) groups excluding carboxylic acids is 5. The molecule has 0 bridgehead atoms. The van der Waals surface area contributed by atoms with E-state index in [1.165, 1.54) is 31.4 Å². The summed E-state index contributed by atoms with van der Waals surface area (Å²) in [6.45, 7) is 6.03. The Labute approximate surface area is 323 Å². The van der Waals surface area contributed by atoms with Crippen molar-refractivity contribution in [3.05, 3.63) is 57.7 Å². The molecular weight excluding hydrogens is 737 g/mol. The molecule has 4 aliphatic carbocycles. The van der Waals surface area contributed by atoms with E-state index in [0.717, 1.165) is 0 Å². The van der Waals surface area contributed by atoms with Crippen LogP contribution in [0.5, 0.6) is 11.5 Å². The molecule has 0 radical (unpaired) electrons. The molecule has 2 saturated carbocycles. The van der Waals surface area contributed by atoms with Crippen molar-refractivity contribution in [3.8, 4) is 11.5 Å². The van der Waals surface area contributed by atoms with Crippen LogP contribution in [0.3, 0.4) is 0 Å². The zero-order chi connectivity index (χ0) is 41.1. The predicted octanol–water partition coefficient (Wildman–Crippen LogP) is 6.01. The van der Waals surface area contributed by atoms with Crippen molar-refractivity contribution in [2.45, 2.75) is 103 Å². The van der Waals surface area contributed by atoms with Crippen LogP contribution in [0.15, 0.2) is 42.0 Å². The second-order valence-corrected chi connectivity index (χ2v) is 15.5. The number of aliphatic hydroxyl groups excluding tert-OH is 1. The van der Waals surface area contributed by atoms with Gasteiger partial charge in [-0.3, -0.25) is 14.4 Å². The summed E-state index contributed by atoms with van der Waals surface area (Å²) in [5, 5.41) is 21.2. The Morgan fingerprint density at radius 2 is 1.79 bits per heavy atom. The van der Waals surface area contributed by atoms with E-state index in [4.69, 9.17) is 23.7 Å². The Balaban J connectivity index is 1.33. The van der Waals surface area contributed by atoms with Gasteiger partial charge in [-0.25, -0.2) is 14.0 Å². The number of unbranched alkanes of at least 4 members (excludes halogenated alkanes) is 2. The van der Waals surface area contributed by atoms with Gasteiger partial charge < -0.3 is 33.6 Å². The maximum Gasteiger partial charge on any atom is 0.514 e. The van der Waals surface area contributed by atoms with Crippen LogP contribution >= 0.6 is 0 Å². The van der Waals surface area contributed by atoms with Gasteiger partial charge in [0.1, 0.15) is 0 Å². The third kappa shape index (κ3) is 7.51. The molecule has 0 saturated heterocycles. The Morgan fingerprint density at radius 1 is 1.05 bits per heavy atom. The molecule has 2 fully saturated rings. The average molecular weight is 788 g/mol. The van der Waals surface area contributed by atoms with Gasteiger partial charge >= 0.3 is 18.1 Å². The van der Waals surface area contributed by atoms with Gasteiger partial charge in [0, 0.05) is 35.5 Å². The van der Waals surface area contributed by atoms with E-state index in [9.17, 15) is 39.2 Å². The van der Waals surface area contributed by atoms with Crippen molar-refractivity contribution in [3.63, 3.8) is 0 Å². The van der Waals surface area contributed by atoms with Crippen molar-refractivity contribution >= 4 is 29.7 Å². The number of hydrogen-bond acceptors (Lipinski definition) is 14. The number of ketones is 2. The molecule has 0 aromatic heterocycles. The number of carbonyl (C=O) groups is 5. The number of benzene rings is 1. The lowest BCUT2D eigenvalue weighted by Gasteiger charge is -2.62. The summed E-state index contributed by atoms with van der Waals surface area (Å²) in [6.07, 6.45) is 3.99. The van der Waals surface area contributed by atoms with Crippen LogP contribution in [0.4, 0.5) is 9.18 Å². The topological polar surface area (TPSA) is 204 Å². The van der Waals surface area contributed by atoms with E-state index in [0.29, 0.717) is 24.8 Å². The van der Waals surface area contributed by atoms with Crippen molar-refractivity contribution < 1.29 is 67.1 Å². The maximum absolute atomic E-state index is 17.8. The van der Waals surface area contributed by atoms with Gasteiger partial charge in [-0.2, -0.15) is 0 Å². The first-order valence-corrected chi connectivity index (χ1v) is 19.0. The van der Waals surface area contributed by atoms with Gasteiger partial charge in [-0.15, -0.1) is 10.1 Å². The number of nitrogens with zero attached hydrogens (tertiary/aromatic N) is 1. The summed E-state index contributed by atoms with van der Waals surface area (Å²) in [6, 6.07) is 3.84. The second-order valence-electron chi connectivity index (χ2n) is 15.5. The Bertz CT molecular complexity index is 1790. The molecule has 1 aromatic carbocycles. The molecule has 0 amide bonds. The molecule has 15 nitrogen and oxygen atoms in total. The molecule has 5 rings (SSSR count). The van der Waals surface area contributed by atoms with Crippen molar-refractivity contribution in [1.29, 1.82) is 0 Å². The van der Waals surface area contributed by atoms with E-state index in [-0.39, 0.29) is 74.6 Å². The van der Waals surface area contributed by atoms with Gasteiger partial charge in [-0.05, 0) is 75.6 Å².